The molecule has 2 heterocycles. The first kappa shape index (κ1) is 18.7. The highest BCUT2D eigenvalue weighted by Crippen LogP contribution is 2.33. The lowest BCUT2D eigenvalue weighted by Gasteiger charge is -2.46. The fourth-order valence-electron chi connectivity index (χ4n) is 4.07. The van der Waals surface area contributed by atoms with Gasteiger partial charge in [0.05, 0.1) is 11.0 Å². The van der Waals surface area contributed by atoms with Gasteiger partial charge in [-0.15, -0.1) is 11.8 Å². The number of fused-ring (bicyclic) bond motifs is 2. The molecule has 0 aromatic heterocycles. The summed E-state index contributed by atoms with van der Waals surface area (Å²) in [6.07, 6.45) is 4.53. The normalized spacial score (nSPS) is 35.1. The number of aryl methyl sites for hydroxylation is 1. The molecule has 3 N–H and O–H groups in total. The van der Waals surface area contributed by atoms with Crippen LogP contribution in [0, 0.1) is 12.8 Å². The van der Waals surface area contributed by atoms with Gasteiger partial charge in [0.2, 0.25) is 0 Å². The highest BCUT2D eigenvalue weighted by atomic mass is 32.2. The maximum Gasteiger partial charge on any atom is 0.297 e. The average molecular weight is 399 g/mol. The molecular weight excluding hydrogens is 372 g/mol. The molecule has 0 spiro atoms. The van der Waals surface area contributed by atoms with Gasteiger partial charge in [0.15, 0.2) is 0 Å². The van der Waals surface area contributed by atoms with Crippen molar-refractivity contribution in [3.63, 3.8) is 0 Å². The van der Waals surface area contributed by atoms with Crippen molar-refractivity contribution in [3.8, 4) is 0 Å². The Balaban J connectivity index is 1.49. The summed E-state index contributed by atoms with van der Waals surface area (Å²) in [6, 6.07) is 6.86. The molecule has 1 saturated carbocycles. The zero-order chi connectivity index (χ0) is 18.3. The van der Waals surface area contributed by atoms with E-state index in [9.17, 15) is 8.42 Å². The van der Waals surface area contributed by atoms with Gasteiger partial charge in [0.25, 0.3) is 10.1 Å². The third kappa shape index (κ3) is 3.66. The number of rotatable bonds is 4. The molecular formula is C17H26N4O3S2. The maximum absolute atomic E-state index is 12.7. The predicted molar refractivity (Wildman–Crippen MR) is 102 cm³/mol. The summed E-state index contributed by atoms with van der Waals surface area (Å²) in [7, 11) is -3.76. The molecule has 1 aromatic rings. The third-order valence-electron chi connectivity index (χ3n) is 5.45. The SMILES string of the molecule is CSC1NC2NC3C(CCCC3OS(=O)(=O)c3ccc(C)cc3)CN2N1. The van der Waals surface area contributed by atoms with E-state index < -0.39 is 10.1 Å². The molecule has 1 aliphatic carbocycles. The third-order valence-corrected chi connectivity index (χ3v) is 7.52. The molecule has 0 bridgehead atoms. The summed E-state index contributed by atoms with van der Waals surface area (Å²) >= 11 is 1.71. The largest absolute Gasteiger partial charge is 0.297 e. The monoisotopic (exact) mass is 398 g/mol. The molecule has 2 aliphatic heterocycles. The molecule has 4 rings (SSSR count). The van der Waals surface area contributed by atoms with Crippen molar-refractivity contribution in [1.29, 1.82) is 0 Å². The molecule has 3 aliphatic rings. The first-order valence-corrected chi connectivity index (χ1v) is 11.7. The van der Waals surface area contributed by atoms with Crippen LogP contribution in [0.4, 0.5) is 0 Å². The van der Waals surface area contributed by atoms with Crippen LogP contribution in [0.5, 0.6) is 0 Å². The van der Waals surface area contributed by atoms with Gasteiger partial charge in [-0.3, -0.25) is 14.8 Å². The number of benzene rings is 1. The number of nitrogens with zero attached hydrogens (tertiary/aromatic N) is 1. The highest BCUT2D eigenvalue weighted by molar-refractivity contribution is 7.99. The van der Waals surface area contributed by atoms with E-state index in [-0.39, 0.29) is 28.8 Å². The predicted octanol–water partition coefficient (Wildman–Crippen LogP) is 1.18. The molecule has 1 aromatic carbocycles. The van der Waals surface area contributed by atoms with Crippen LogP contribution in [0.15, 0.2) is 29.2 Å². The summed E-state index contributed by atoms with van der Waals surface area (Å²) in [5.74, 6) is 0.369. The van der Waals surface area contributed by atoms with E-state index in [1.165, 1.54) is 0 Å². The van der Waals surface area contributed by atoms with Crippen LogP contribution in [0.1, 0.15) is 24.8 Å². The van der Waals surface area contributed by atoms with Gasteiger partial charge in [-0.25, -0.2) is 10.4 Å². The number of nitrogens with one attached hydrogen (secondary N) is 3. The standard InChI is InChI=1S/C17H26N4O3S2/c1-11-6-8-13(9-7-11)26(22,23)24-14-5-3-4-12-10-21-16(18-15(12)14)19-17(20-21)25-2/h6-9,12,14-20H,3-5,10H2,1-2H3. The van der Waals surface area contributed by atoms with Crippen molar-refractivity contribution in [2.45, 2.75) is 55.0 Å². The minimum Gasteiger partial charge on any atom is -0.283 e. The Hall–Kier alpha value is -0.680. The van der Waals surface area contributed by atoms with Crippen molar-refractivity contribution in [2.24, 2.45) is 5.92 Å². The van der Waals surface area contributed by atoms with E-state index in [2.05, 4.69) is 27.3 Å². The van der Waals surface area contributed by atoms with Crippen LogP contribution in [0.2, 0.25) is 0 Å². The number of hydrogen-bond acceptors (Lipinski definition) is 8. The molecule has 7 nitrogen and oxygen atoms in total. The minimum absolute atomic E-state index is 0.0000195. The van der Waals surface area contributed by atoms with E-state index >= 15 is 0 Å². The summed E-state index contributed by atoms with van der Waals surface area (Å²) in [4.78, 5) is 0.228. The van der Waals surface area contributed by atoms with Crippen molar-refractivity contribution in [1.82, 2.24) is 21.1 Å². The molecule has 26 heavy (non-hydrogen) atoms. The van der Waals surface area contributed by atoms with E-state index in [4.69, 9.17) is 4.18 Å². The topological polar surface area (TPSA) is 82.7 Å². The smallest absolute Gasteiger partial charge is 0.283 e. The van der Waals surface area contributed by atoms with Crippen LogP contribution >= 0.6 is 11.8 Å². The van der Waals surface area contributed by atoms with E-state index in [0.29, 0.717) is 5.92 Å². The summed E-state index contributed by atoms with van der Waals surface area (Å²) < 4.78 is 31.2. The Bertz CT molecular complexity index is 743. The summed E-state index contributed by atoms with van der Waals surface area (Å²) in [6.45, 7) is 2.82. The highest BCUT2D eigenvalue weighted by Gasteiger charge is 2.46. The van der Waals surface area contributed by atoms with Crippen LogP contribution in [-0.4, -0.2) is 50.2 Å². The van der Waals surface area contributed by atoms with Gasteiger partial charge >= 0.3 is 0 Å². The Morgan fingerprint density at radius 2 is 1.96 bits per heavy atom. The van der Waals surface area contributed by atoms with Crippen molar-refractivity contribution in [2.75, 3.05) is 12.8 Å². The average Bonchev–Trinajstić information content (AvgIpc) is 3.02. The summed E-state index contributed by atoms with van der Waals surface area (Å²) in [5, 5.41) is 9.20. The van der Waals surface area contributed by atoms with Crippen molar-refractivity contribution < 1.29 is 12.6 Å². The van der Waals surface area contributed by atoms with Gasteiger partial charge in [-0.1, -0.05) is 24.1 Å². The van der Waals surface area contributed by atoms with Gasteiger partial charge < -0.3 is 0 Å². The molecule has 5 unspecified atom stereocenters. The van der Waals surface area contributed by atoms with E-state index in [1.807, 2.05) is 6.92 Å². The van der Waals surface area contributed by atoms with Gasteiger partial charge in [0, 0.05) is 12.6 Å². The van der Waals surface area contributed by atoms with E-state index in [1.54, 1.807) is 36.0 Å². The zero-order valence-electron chi connectivity index (χ0n) is 15.0. The molecule has 3 fully saturated rings. The first-order chi connectivity index (χ1) is 12.5. The molecule has 0 amide bonds. The van der Waals surface area contributed by atoms with Gasteiger partial charge in [0.1, 0.15) is 11.8 Å². The van der Waals surface area contributed by atoms with Gasteiger partial charge in [-0.2, -0.15) is 8.42 Å². The van der Waals surface area contributed by atoms with Crippen LogP contribution < -0.4 is 16.1 Å². The number of hydrogen-bond donors (Lipinski definition) is 3. The zero-order valence-corrected chi connectivity index (χ0v) is 16.6. The second kappa shape index (κ2) is 7.38. The Labute approximate surface area is 159 Å². The minimum atomic E-state index is -3.76. The lowest BCUT2D eigenvalue weighted by molar-refractivity contribution is -0.0157. The lowest BCUT2D eigenvalue weighted by atomic mass is 9.81. The molecule has 144 valence electrons. The quantitative estimate of drug-likeness (QED) is 0.653. The Kier molecular flexibility index (Phi) is 5.30. The fraction of sp³-hybridized carbons (Fsp3) is 0.647. The van der Waals surface area contributed by atoms with Crippen molar-refractivity contribution in [3.05, 3.63) is 29.8 Å². The Morgan fingerprint density at radius 1 is 1.19 bits per heavy atom. The molecule has 9 heteroatoms. The van der Waals surface area contributed by atoms with Gasteiger partial charge in [-0.05, 0) is 44.1 Å². The van der Waals surface area contributed by atoms with Crippen LogP contribution in [0.25, 0.3) is 0 Å². The van der Waals surface area contributed by atoms with Crippen LogP contribution in [0.3, 0.4) is 0 Å². The van der Waals surface area contributed by atoms with E-state index in [0.717, 1.165) is 31.4 Å². The number of hydrazine groups is 1. The van der Waals surface area contributed by atoms with Crippen LogP contribution in [-0.2, 0) is 14.3 Å². The fourth-order valence-corrected chi connectivity index (χ4v) is 5.70. The molecule has 2 saturated heterocycles. The second-order valence-corrected chi connectivity index (χ2v) is 9.77. The van der Waals surface area contributed by atoms with Crippen molar-refractivity contribution >= 4 is 21.9 Å². The Morgan fingerprint density at radius 3 is 2.69 bits per heavy atom. The number of thioether (sulfide) groups is 1. The first-order valence-electron chi connectivity index (χ1n) is 9.04. The second-order valence-electron chi connectivity index (χ2n) is 7.25. The maximum atomic E-state index is 12.7. The lowest BCUT2D eigenvalue weighted by Crippen LogP contribution is -2.66. The molecule has 0 radical (unpaired) electrons. The molecule has 5 atom stereocenters. The summed E-state index contributed by atoms with van der Waals surface area (Å²) in [5.41, 5.74) is 4.63.